The third kappa shape index (κ3) is 3.46. The second-order valence-corrected chi connectivity index (χ2v) is 6.33. The minimum atomic E-state index is -0.0532. The summed E-state index contributed by atoms with van der Waals surface area (Å²) in [6, 6.07) is 0.465. The molecule has 1 aromatic rings. The number of aromatic nitrogens is 2. The predicted octanol–water partition coefficient (Wildman–Crippen LogP) is 1.90. The summed E-state index contributed by atoms with van der Waals surface area (Å²) in [4.78, 5) is 11.5. The Labute approximate surface area is 121 Å². The number of anilines is 1. The van der Waals surface area contributed by atoms with Crippen molar-refractivity contribution < 1.29 is 4.74 Å². The number of aryl methyl sites for hydroxylation is 1. The van der Waals surface area contributed by atoms with Gasteiger partial charge in [-0.1, -0.05) is 13.8 Å². The Morgan fingerprint density at radius 2 is 2.20 bits per heavy atom. The van der Waals surface area contributed by atoms with Gasteiger partial charge in [0.15, 0.2) is 0 Å². The molecule has 0 unspecified atom stereocenters. The van der Waals surface area contributed by atoms with Gasteiger partial charge in [0.1, 0.15) is 0 Å². The van der Waals surface area contributed by atoms with Crippen LogP contribution in [0.25, 0.3) is 0 Å². The fourth-order valence-electron chi connectivity index (χ4n) is 2.33. The van der Waals surface area contributed by atoms with Crippen molar-refractivity contribution in [1.82, 2.24) is 15.3 Å². The van der Waals surface area contributed by atoms with Gasteiger partial charge in [-0.3, -0.25) is 0 Å². The summed E-state index contributed by atoms with van der Waals surface area (Å²) >= 11 is 0. The fourth-order valence-corrected chi connectivity index (χ4v) is 2.33. The van der Waals surface area contributed by atoms with Crippen molar-refractivity contribution in [1.29, 1.82) is 0 Å². The predicted molar refractivity (Wildman–Crippen MR) is 81.0 cm³/mol. The zero-order valence-electron chi connectivity index (χ0n) is 13.2. The molecule has 1 saturated heterocycles. The number of rotatable bonds is 4. The van der Waals surface area contributed by atoms with E-state index in [9.17, 15) is 0 Å². The normalized spacial score (nSPS) is 18.6. The molecule has 5 nitrogen and oxygen atoms in total. The van der Waals surface area contributed by atoms with E-state index in [2.05, 4.69) is 54.8 Å². The molecule has 1 aliphatic rings. The van der Waals surface area contributed by atoms with E-state index >= 15 is 0 Å². The van der Waals surface area contributed by atoms with Gasteiger partial charge in [0.25, 0.3) is 0 Å². The summed E-state index contributed by atoms with van der Waals surface area (Å²) in [6.07, 6.45) is 1.94. The Kier molecular flexibility index (Phi) is 4.60. The molecule has 1 aromatic heterocycles. The Balaban J connectivity index is 2.15. The average molecular weight is 278 g/mol. The topological polar surface area (TPSA) is 50.3 Å². The molecule has 1 N–H and O–H groups in total. The van der Waals surface area contributed by atoms with Gasteiger partial charge >= 0.3 is 0 Å². The van der Waals surface area contributed by atoms with Crippen LogP contribution in [-0.2, 0) is 11.3 Å². The second kappa shape index (κ2) is 6.06. The van der Waals surface area contributed by atoms with Crippen molar-refractivity contribution in [3.8, 4) is 0 Å². The van der Waals surface area contributed by atoms with E-state index in [1.165, 1.54) is 0 Å². The van der Waals surface area contributed by atoms with Gasteiger partial charge in [-0.15, -0.1) is 0 Å². The Morgan fingerprint density at radius 1 is 1.45 bits per heavy atom. The number of hydrogen-bond acceptors (Lipinski definition) is 5. The lowest BCUT2D eigenvalue weighted by Gasteiger charge is -2.42. The summed E-state index contributed by atoms with van der Waals surface area (Å²) < 4.78 is 5.55. The van der Waals surface area contributed by atoms with E-state index in [0.717, 1.165) is 36.9 Å². The molecule has 0 atom stereocenters. The molecule has 0 spiro atoms. The van der Waals surface area contributed by atoms with Crippen molar-refractivity contribution in [2.45, 2.75) is 52.7 Å². The van der Waals surface area contributed by atoms with Crippen LogP contribution in [0.3, 0.4) is 0 Å². The van der Waals surface area contributed by atoms with E-state index < -0.39 is 0 Å². The third-order valence-corrected chi connectivity index (χ3v) is 3.66. The second-order valence-electron chi connectivity index (χ2n) is 6.33. The van der Waals surface area contributed by atoms with Gasteiger partial charge < -0.3 is 15.0 Å². The Hall–Kier alpha value is -1.20. The van der Waals surface area contributed by atoms with E-state index in [1.54, 1.807) is 0 Å². The quantitative estimate of drug-likeness (QED) is 0.911. The van der Waals surface area contributed by atoms with Crippen LogP contribution in [0.2, 0.25) is 0 Å². The van der Waals surface area contributed by atoms with Gasteiger partial charge in [0.05, 0.1) is 18.8 Å². The number of hydrogen-bond donors (Lipinski definition) is 1. The molecule has 0 aromatic carbocycles. The summed E-state index contributed by atoms with van der Waals surface area (Å²) in [5.41, 5.74) is 2.15. The van der Waals surface area contributed by atoms with Crippen molar-refractivity contribution in [2.75, 3.05) is 24.7 Å². The van der Waals surface area contributed by atoms with Crippen LogP contribution in [0.4, 0.5) is 5.95 Å². The highest BCUT2D eigenvalue weighted by Crippen LogP contribution is 2.24. The summed E-state index contributed by atoms with van der Waals surface area (Å²) in [6.45, 7) is 13.8. The SMILES string of the molecule is Cc1nc(N2CCOCC2(C)C)ncc1CNC(C)C. The lowest BCUT2D eigenvalue weighted by molar-refractivity contribution is 0.0633. The first kappa shape index (κ1) is 15.2. The lowest BCUT2D eigenvalue weighted by atomic mass is 10.0. The molecule has 20 heavy (non-hydrogen) atoms. The zero-order valence-corrected chi connectivity index (χ0v) is 13.2. The lowest BCUT2D eigenvalue weighted by Crippen LogP contribution is -2.54. The maximum atomic E-state index is 5.55. The Morgan fingerprint density at radius 3 is 2.80 bits per heavy atom. The molecule has 0 amide bonds. The van der Waals surface area contributed by atoms with Gasteiger partial charge in [-0.2, -0.15) is 0 Å². The molecular formula is C15H26N4O. The highest BCUT2D eigenvalue weighted by atomic mass is 16.5. The average Bonchev–Trinajstić information content (AvgIpc) is 2.36. The van der Waals surface area contributed by atoms with Crippen molar-refractivity contribution in [3.05, 3.63) is 17.5 Å². The van der Waals surface area contributed by atoms with E-state index in [0.29, 0.717) is 12.6 Å². The molecule has 1 fully saturated rings. The molecular weight excluding hydrogens is 252 g/mol. The van der Waals surface area contributed by atoms with E-state index in [-0.39, 0.29) is 5.54 Å². The summed E-state index contributed by atoms with van der Waals surface area (Å²) in [7, 11) is 0. The molecule has 0 aliphatic carbocycles. The van der Waals surface area contributed by atoms with Crippen molar-refractivity contribution in [2.24, 2.45) is 0 Å². The van der Waals surface area contributed by atoms with Crippen molar-refractivity contribution >= 4 is 5.95 Å². The van der Waals surface area contributed by atoms with Crippen LogP contribution >= 0.6 is 0 Å². The van der Waals surface area contributed by atoms with Gasteiger partial charge in [0, 0.05) is 36.6 Å². The van der Waals surface area contributed by atoms with E-state index in [1.807, 2.05) is 6.20 Å². The molecule has 0 radical (unpaired) electrons. The minimum Gasteiger partial charge on any atom is -0.377 e. The largest absolute Gasteiger partial charge is 0.377 e. The molecule has 0 bridgehead atoms. The number of nitrogens with zero attached hydrogens (tertiary/aromatic N) is 3. The maximum absolute atomic E-state index is 5.55. The first-order valence-corrected chi connectivity index (χ1v) is 7.31. The van der Waals surface area contributed by atoms with Crippen LogP contribution < -0.4 is 10.2 Å². The van der Waals surface area contributed by atoms with Crippen LogP contribution in [-0.4, -0.2) is 41.3 Å². The van der Waals surface area contributed by atoms with Crippen LogP contribution in [0, 0.1) is 6.92 Å². The standard InChI is InChI=1S/C15H26N4O/c1-11(2)16-8-13-9-17-14(18-12(13)3)19-6-7-20-10-15(19,4)5/h9,11,16H,6-8,10H2,1-5H3. The summed E-state index contributed by atoms with van der Waals surface area (Å²) in [5.74, 6) is 0.809. The Bertz CT molecular complexity index is 459. The van der Waals surface area contributed by atoms with Crippen LogP contribution in [0.15, 0.2) is 6.20 Å². The molecule has 112 valence electrons. The monoisotopic (exact) mass is 278 g/mol. The molecule has 1 aliphatic heterocycles. The highest BCUT2D eigenvalue weighted by molar-refractivity contribution is 5.37. The van der Waals surface area contributed by atoms with Gasteiger partial charge in [0.2, 0.25) is 5.95 Å². The molecule has 2 rings (SSSR count). The number of morpholine rings is 1. The van der Waals surface area contributed by atoms with Crippen molar-refractivity contribution in [3.63, 3.8) is 0 Å². The van der Waals surface area contributed by atoms with Crippen LogP contribution in [0.5, 0.6) is 0 Å². The molecule has 0 saturated carbocycles. The maximum Gasteiger partial charge on any atom is 0.226 e. The highest BCUT2D eigenvalue weighted by Gasteiger charge is 2.32. The van der Waals surface area contributed by atoms with Gasteiger partial charge in [-0.25, -0.2) is 9.97 Å². The number of ether oxygens (including phenoxy) is 1. The summed E-state index contributed by atoms with van der Waals surface area (Å²) in [5, 5.41) is 3.40. The fraction of sp³-hybridized carbons (Fsp3) is 0.733. The molecule has 2 heterocycles. The first-order chi connectivity index (χ1) is 9.40. The molecule has 5 heteroatoms. The first-order valence-electron chi connectivity index (χ1n) is 7.31. The zero-order chi connectivity index (χ0) is 14.8. The minimum absolute atomic E-state index is 0.0532. The number of nitrogens with one attached hydrogen (secondary N) is 1. The third-order valence-electron chi connectivity index (χ3n) is 3.66. The van der Waals surface area contributed by atoms with E-state index in [4.69, 9.17) is 4.74 Å². The smallest absolute Gasteiger partial charge is 0.226 e. The van der Waals surface area contributed by atoms with Crippen LogP contribution in [0.1, 0.15) is 39.0 Å². The van der Waals surface area contributed by atoms with Gasteiger partial charge in [-0.05, 0) is 20.8 Å².